The molecule has 0 aromatic heterocycles. The molecular formula is C36H34O6. The fourth-order valence-electron chi connectivity index (χ4n) is 4.71. The maximum atomic E-state index is 12.6. The van der Waals surface area contributed by atoms with Gasteiger partial charge in [0.25, 0.3) is 0 Å². The van der Waals surface area contributed by atoms with Gasteiger partial charge in [-0.2, -0.15) is 0 Å². The third-order valence-corrected chi connectivity index (χ3v) is 6.95. The first-order valence-corrected chi connectivity index (χ1v) is 14.0. The van der Waals surface area contributed by atoms with Crippen LogP contribution < -0.4 is 9.47 Å². The quantitative estimate of drug-likeness (QED) is 0.127. The zero-order valence-corrected chi connectivity index (χ0v) is 24.3. The Bertz CT molecular complexity index is 1520. The number of fused-ring (bicyclic) bond motifs is 2. The minimum atomic E-state index is -0.476. The predicted octanol–water partition coefficient (Wildman–Crippen LogP) is 7.86. The molecule has 0 fully saturated rings. The molecule has 2 atom stereocenters. The van der Waals surface area contributed by atoms with E-state index in [4.69, 9.17) is 18.9 Å². The first-order chi connectivity index (χ1) is 20.3. The molecular weight excluding hydrogens is 528 g/mol. The van der Waals surface area contributed by atoms with Crippen molar-refractivity contribution in [2.75, 3.05) is 13.2 Å². The number of rotatable bonds is 10. The van der Waals surface area contributed by atoms with Crippen molar-refractivity contribution in [1.29, 1.82) is 0 Å². The van der Waals surface area contributed by atoms with E-state index in [1.165, 1.54) is 0 Å². The second kappa shape index (κ2) is 12.8. The van der Waals surface area contributed by atoms with Crippen LogP contribution in [0.1, 0.15) is 45.7 Å². The van der Waals surface area contributed by atoms with Crippen molar-refractivity contribution in [2.24, 2.45) is 0 Å². The first kappa shape index (κ1) is 28.7. The zero-order valence-electron chi connectivity index (χ0n) is 24.3. The lowest BCUT2D eigenvalue weighted by Gasteiger charge is -2.21. The standard InChI is InChI=1S/C36H34O6/c1-23-13-17-27(18-14-23)35(37)41-25(3)21-39-33-29-9-5-7-11-31(29)34(32-12-8-6-10-30(32)33)40-22-26(4)42-36(38)28-19-15-24(2)16-20-28/h5-20,25-26H,21-22H2,1-4H3. The Hall–Kier alpha value is -4.84. The van der Waals surface area contributed by atoms with Crippen molar-refractivity contribution >= 4 is 33.5 Å². The van der Waals surface area contributed by atoms with Gasteiger partial charge < -0.3 is 18.9 Å². The molecule has 0 bridgehead atoms. The molecule has 0 amide bonds. The largest absolute Gasteiger partial charge is 0.488 e. The maximum absolute atomic E-state index is 12.6. The fraction of sp³-hybridized carbons (Fsp3) is 0.222. The molecule has 5 rings (SSSR count). The van der Waals surface area contributed by atoms with Gasteiger partial charge in [-0.15, -0.1) is 0 Å². The molecule has 0 heterocycles. The highest BCUT2D eigenvalue weighted by Crippen LogP contribution is 2.42. The summed E-state index contributed by atoms with van der Waals surface area (Å²) in [5, 5.41) is 3.47. The molecule has 0 aliphatic rings. The highest BCUT2D eigenvalue weighted by atomic mass is 16.6. The van der Waals surface area contributed by atoms with E-state index in [9.17, 15) is 9.59 Å². The van der Waals surface area contributed by atoms with Crippen molar-refractivity contribution in [3.63, 3.8) is 0 Å². The van der Waals surface area contributed by atoms with Crippen molar-refractivity contribution in [3.05, 3.63) is 119 Å². The van der Waals surface area contributed by atoms with Crippen LogP contribution >= 0.6 is 0 Å². The lowest BCUT2D eigenvalue weighted by atomic mass is 10.0. The number of hydrogen-bond acceptors (Lipinski definition) is 6. The van der Waals surface area contributed by atoms with Crippen molar-refractivity contribution in [1.82, 2.24) is 0 Å². The molecule has 0 spiro atoms. The lowest BCUT2D eigenvalue weighted by molar-refractivity contribution is 0.0221. The van der Waals surface area contributed by atoms with Gasteiger partial charge in [0.15, 0.2) is 0 Å². The van der Waals surface area contributed by atoms with Crippen LogP contribution in [0.5, 0.6) is 11.5 Å². The summed E-state index contributed by atoms with van der Waals surface area (Å²) in [6.45, 7) is 7.92. The Kier molecular flexibility index (Phi) is 8.72. The Morgan fingerprint density at radius 2 is 0.833 bits per heavy atom. The Morgan fingerprint density at radius 3 is 1.14 bits per heavy atom. The van der Waals surface area contributed by atoms with Gasteiger partial charge in [-0.25, -0.2) is 9.59 Å². The minimum Gasteiger partial charge on any atom is -0.488 e. The second-order valence-corrected chi connectivity index (χ2v) is 10.5. The van der Waals surface area contributed by atoms with Crippen molar-refractivity contribution in [3.8, 4) is 11.5 Å². The van der Waals surface area contributed by atoms with Gasteiger partial charge in [0.05, 0.1) is 11.1 Å². The van der Waals surface area contributed by atoms with Crippen LogP contribution in [-0.4, -0.2) is 37.4 Å². The van der Waals surface area contributed by atoms with Gasteiger partial charge in [0.1, 0.15) is 36.9 Å². The number of ether oxygens (including phenoxy) is 4. The zero-order chi connectivity index (χ0) is 29.6. The van der Waals surface area contributed by atoms with Gasteiger partial charge >= 0.3 is 11.9 Å². The third-order valence-electron chi connectivity index (χ3n) is 6.95. The number of esters is 2. The molecule has 0 saturated carbocycles. The second-order valence-electron chi connectivity index (χ2n) is 10.5. The molecule has 0 N–H and O–H groups in total. The summed E-state index contributed by atoms with van der Waals surface area (Å²) in [5.41, 5.74) is 3.16. The summed E-state index contributed by atoms with van der Waals surface area (Å²) in [6, 6.07) is 30.3. The molecule has 6 nitrogen and oxygen atoms in total. The minimum absolute atomic E-state index is 0.178. The number of carbonyl (C=O) groups excluding carboxylic acids is 2. The Morgan fingerprint density at radius 1 is 0.524 bits per heavy atom. The molecule has 0 saturated heterocycles. The molecule has 6 heteroatoms. The van der Waals surface area contributed by atoms with Crippen molar-refractivity contribution in [2.45, 2.75) is 39.9 Å². The highest BCUT2D eigenvalue weighted by molar-refractivity contribution is 6.11. The van der Waals surface area contributed by atoms with Crippen LogP contribution in [0.15, 0.2) is 97.1 Å². The van der Waals surface area contributed by atoms with Crippen LogP contribution in [0.2, 0.25) is 0 Å². The molecule has 2 unspecified atom stereocenters. The molecule has 0 aliphatic carbocycles. The average Bonchev–Trinajstić information content (AvgIpc) is 2.99. The number of aryl methyl sites for hydroxylation is 2. The number of benzene rings is 5. The smallest absolute Gasteiger partial charge is 0.338 e. The first-order valence-electron chi connectivity index (χ1n) is 14.0. The van der Waals surface area contributed by atoms with E-state index in [0.29, 0.717) is 22.6 Å². The maximum Gasteiger partial charge on any atom is 0.338 e. The third kappa shape index (κ3) is 6.55. The SMILES string of the molecule is Cc1ccc(C(=O)OC(C)COc2c3ccccc3c(OCC(C)OC(=O)c3ccc(C)cc3)c3ccccc23)cc1. The summed E-state index contributed by atoms with van der Waals surface area (Å²) in [7, 11) is 0. The Labute approximate surface area is 245 Å². The fourth-order valence-corrected chi connectivity index (χ4v) is 4.71. The van der Waals surface area contributed by atoms with Gasteiger partial charge in [0, 0.05) is 21.5 Å². The van der Waals surface area contributed by atoms with E-state index in [1.54, 1.807) is 24.3 Å². The number of hydrogen-bond donors (Lipinski definition) is 0. The van der Waals surface area contributed by atoms with Gasteiger partial charge in [-0.05, 0) is 52.0 Å². The summed E-state index contributed by atoms with van der Waals surface area (Å²) < 4.78 is 24.0. The van der Waals surface area contributed by atoms with Crippen LogP contribution in [0, 0.1) is 13.8 Å². The molecule has 0 aliphatic heterocycles. The number of carbonyl (C=O) groups is 2. The van der Waals surface area contributed by atoms with E-state index >= 15 is 0 Å². The molecule has 0 radical (unpaired) electrons. The Balaban J connectivity index is 1.34. The van der Waals surface area contributed by atoms with Crippen LogP contribution in [0.3, 0.4) is 0 Å². The van der Waals surface area contributed by atoms with E-state index < -0.39 is 12.2 Å². The summed E-state index contributed by atoms with van der Waals surface area (Å²) in [5.74, 6) is 0.597. The lowest BCUT2D eigenvalue weighted by Crippen LogP contribution is -2.22. The summed E-state index contributed by atoms with van der Waals surface area (Å²) in [6.07, 6.45) is -0.951. The topological polar surface area (TPSA) is 71.1 Å². The van der Waals surface area contributed by atoms with E-state index in [2.05, 4.69) is 0 Å². The average molecular weight is 563 g/mol. The predicted molar refractivity (Wildman–Crippen MR) is 165 cm³/mol. The van der Waals surface area contributed by atoms with Crippen LogP contribution in [-0.2, 0) is 9.47 Å². The molecule has 42 heavy (non-hydrogen) atoms. The van der Waals surface area contributed by atoms with Gasteiger partial charge in [0.2, 0.25) is 0 Å². The van der Waals surface area contributed by atoms with E-state index in [0.717, 1.165) is 32.7 Å². The summed E-state index contributed by atoms with van der Waals surface area (Å²) in [4.78, 5) is 25.2. The van der Waals surface area contributed by atoms with E-state index in [1.807, 2.05) is 100 Å². The van der Waals surface area contributed by atoms with Crippen LogP contribution in [0.4, 0.5) is 0 Å². The summed E-state index contributed by atoms with van der Waals surface area (Å²) >= 11 is 0. The monoisotopic (exact) mass is 562 g/mol. The van der Waals surface area contributed by atoms with E-state index in [-0.39, 0.29) is 25.2 Å². The molecule has 5 aromatic rings. The highest BCUT2D eigenvalue weighted by Gasteiger charge is 2.20. The van der Waals surface area contributed by atoms with Gasteiger partial charge in [-0.1, -0.05) is 83.9 Å². The molecule has 5 aromatic carbocycles. The normalized spacial score (nSPS) is 12.5. The molecule has 214 valence electrons. The van der Waals surface area contributed by atoms with Gasteiger partial charge in [-0.3, -0.25) is 0 Å². The van der Waals surface area contributed by atoms with Crippen molar-refractivity contribution < 1.29 is 28.5 Å². The van der Waals surface area contributed by atoms with Crippen LogP contribution in [0.25, 0.3) is 21.5 Å².